The van der Waals surface area contributed by atoms with Gasteiger partial charge in [-0.15, -0.1) is 0 Å². The molecular weight excluding hydrogens is 256 g/mol. The van der Waals surface area contributed by atoms with Crippen LogP contribution in [0.1, 0.15) is 43.1 Å². The number of carboxylic acids is 1. The molecule has 1 saturated carbocycles. The van der Waals surface area contributed by atoms with Crippen LogP contribution in [-0.4, -0.2) is 39.5 Å². The Morgan fingerprint density at radius 3 is 2.85 bits per heavy atom. The van der Waals surface area contributed by atoms with Crippen molar-refractivity contribution in [2.45, 2.75) is 45.2 Å². The van der Waals surface area contributed by atoms with E-state index in [0.717, 1.165) is 19.3 Å². The van der Waals surface area contributed by atoms with E-state index in [1.54, 1.807) is 17.2 Å². The summed E-state index contributed by atoms with van der Waals surface area (Å²) in [5, 5.41) is 9.04. The average Bonchev–Trinajstić information content (AvgIpc) is 2.86. The second-order valence-electron chi connectivity index (χ2n) is 5.76. The van der Waals surface area contributed by atoms with Crippen LogP contribution in [0.3, 0.4) is 0 Å². The summed E-state index contributed by atoms with van der Waals surface area (Å²) in [5.74, 6) is -0.371. The van der Waals surface area contributed by atoms with E-state index in [-0.39, 0.29) is 24.2 Å². The molecule has 2 unspecified atom stereocenters. The van der Waals surface area contributed by atoms with Crippen LogP contribution in [-0.2, 0) is 11.3 Å². The van der Waals surface area contributed by atoms with Crippen molar-refractivity contribution >= 4 is 11.9 Å². The number of aromatic carboxylic acids is 1. The number of nitrogens with zero attached hydrogens (tertiary/aromatic N) is 2. The monoisotopic (exact) mass is 278 g/mol. The third kappa shape index (κ3) is 3.21. The molecule has 1 N–H and O–H groups in total. The maximum atomic E-state index is 12.3. The van der Waals surface area contributed by atoms with Gasteiger partial charge < -0.3 is 14.6 Å². The van der Waals surface area contributed by atoms with Gasteiger partial charge in [-0.05, 0) is 30.9 Å². The first-order chi connectivity index (χ1) is 9.49. The Hall–Kier alpha value is -1.78. The highest BCUT2D eigenvalue weighted by atomic mass is 16.4. The minimum absolute atomic E-state index is 0.0252. The lowest BCUT2D eigenvalue weighted by Gasteiger charge is -2.34. The molecule has 1 heterocycles. The van der Waals surface area contributed by atoms with Gasteiger partial charge in [0.2, 0.25) is 5.91 Å². The zero-order valence-electron chi connectivity index (χ0n) is 12.1. The van der Waals surface area contributed by atoms with Crippen molar-refractivity contribution in [1.82, 2.24) is 9.47 Å². The Morgan fingerprint density at radius 1 is 1.45 bits per heavy atom. The SMILES string of the molecule is CC1CCCC(N(C)C(=O)Cn2cccc2C(=O)O)C1. The molecule has 2 atom stereocenters. The quantitative estimate of drug-likeness (QED) is 0.918. The largest absolute Gasteiger partial charge is 0.477 e. The molecule has 1 amide bonds. The van der Waals surface area contributed by atoms with Crippen molar-refractivity contribution in [2.75, 3.05) is 7.05 Å². The molecule has 0 saturated heterocycles. The van der Waals surface area contributed by atoms with Gasteiger partial charge >= 0.3 is 5.97 Å². The van der Waals surface area contributed by atoms with Gasteiger partial charge in [0.1, 0.15) is 12.2 Å². The zero-order chi connectivity index (χ0) is 14.7. The first-order valence-electron chi connectivity index (χ1n) is 7.13. The Bertz CT molecular complexity index is 495. The number of carbonyl (C=O) groups is 2. The van der Waals surface area contributed by atoms with Gasteiger partial charge in [-0.25, -0.2) is 4.79 Å². The van der Waals surface area contributed by atoms with Crippen molar-refractivity contribution in [1.29, 1.82) is 0 Å². The molecule has 1 aromatic rings. The fraction of sp³-hybridized carbons (Fsp3) is 0.600. The summed E-state index contributed by atoms with van der Waals surface area (Å²) in [4.78, 5) is 25.1. The van der Waals surface area contributed by atoms with Crippen LogP contribution >= 0.6 is 0 Å². The molecular formula is C15H22N2O3. The third-order valence-corrected chi connectivity index (χ3v) is 4.20. The number of carbonyl (C=O) groups excluding carboxylic acids is 1. The summed E-state index contributed by atoms with van der Waals surface area (Å²) in [6.07, 6.45) is 6.12. The summed E-state index contributed by atoms with van der Waals surface area (Å²) in [5.41, 5.74) is 0.156. The predicted octanol–water partition coefficient (Wildman–Crippen LogP) is 2.22. The maximum absolute atomic E-state index is 12.3. The number of likely N-dealkylation sites (N-methyl/N-ethyl adjacent to an activating group) is 1. The van der Waals surface area contributed by atoms with E-state index in [2.05, 4.69) is 6.92 Å². The van der Waals surface area contributed by atoms with Crippen molar-refractivity contribution < 1.29 is 14.7 Å². The van der Waals surface area contributed by atoms with Crippen LogP contribution in [0.15, 0.2) is 18.3 Å². The summed E-state index contributed by atoms with van der Waals surface area (Å²) in [6.45, 7) is 2.31. The van der Waals surface area contributed by atoms with Gasteiger partial charge in [0.25, 0.3) is 0 Å². The van der Waals surface area contributed by atoms with Gasteiger partial charge in [0.15, 0.2) is 0 Å². The van der Waals surface area contributed by atoms with E-state index in [9.17, 15) is 9.59 Å². The zero-order valence-corrected chi connectivity index (χ0v) is 12.1. The smallest absolute Gasteiger partial charge is 0.352 e. The highest BCUT2D eigenvalue weighted by Gasteiger charge is 2.25. The van der Waals surface area contributed by atoms with E-state index in [4.69, 9.17) is 5.11 Å². The fourth-order valence-corrected chi connectivity index (χ4v) is 2.96. The number of hydrogen-bond acceptors (Lipinski definition) is 2. The molecule has 20 heavy (non-hydrogen) atoms. The Labute approximate surface area is 119 Å². The highest BCUT2D eigenvalue weighted by Crippen LogP contribution is 2.26. The van der Waals surface area contributed by atoms with E-state index in [1.807, 2.05) is 7.05 Å². The number of amides is 1. The van der Waals surface area contributed by atoms with E-state index >= 15 is 0 Å². The molecule has 1 aromatic heterocycles. The van der Waals surface area contributed by atoms with Gasteiger partial charge in [0, 0.05) is 19.3 Å². The van der Waals surface area contributed by atoms with Crippen LogP contribution < -0.4 is 0 Å². The Balaban J connectivity index is 2.00. The fourth-order valence-electron chi connectivity index (χ4n) is 2.96. The van der Waals surface area contributed by atoms with Crippen LogP contribution in [0.25, 0.3) is 0 Å². The lowest BCUT2D eigenvalue weighted by molar-refractivity contribution is -0.133. The molecule has 1 fully saturated rings. The number of rotatable bonds is 4. The van der Waals surface area contributed by atoms with Crippen molar-refractivity contribution in [3.05, 3.63) is 24.0 Å². The van der Waals surface area contributed by atoms with Gasteiger partial charge in [-0.3, -0.25) is 4.79 Å². The molecule has 2 rings (SSSR count). The Morgan fingerprint density at radius 2 is 2.20 bits per heavy atom. The van der Waals surface area contributed by atoms with Crippen molar-refractivity contribution in [3.8, 4) is 0 Å². The topological polar surface area (TPSA) is 62.5 Å². The van der Waals surface area contributed by atoms with Gasteiger partial charge in [-0.2, -0.15) is 0 Å². The van der Waals surface area contributed by atoms with Gasteiger partial charge in [-0.1, -0.05) is 19.8 Å². The Kier molecular flexibility index (Phi) is 4.47. The van der Waals surface area contributed by atoms with Gasteiger partial charge in [0.05, 0.1) is 0 Å². The van der Waals surface area contributed by atoms with Crippen molar-refractivity contribution in [2.24, 2.45) is 5.92 Å². The predicted molar refractivity (Wildman–Crippen MR) is 75.6 cm³/mol. The molecule has 0 aromatic carbocycles. The van der Waals surface area contributed by atoms with E-state index < -0.39 is 5.97 Å². The lowest BCUT2D eigenvalue weighted by Crippen LogP contribution is -2.41. The first kappa shape index (κ1) is 14.6. The summed E-state index contributed by atoms with van der Waals surface area (Å²) < 4.78 is 1.49. The third-order valence-electron chi connectivity index (χ3n) is 4.20. The standard InChI is InChI=1S/C15H22N2O3/c1-11-5-3-6-12(9-11)16(2)14(18)10-17-8-4-7-13(17)15(19)20/h4,7-8,11-12H,3,5-6,9-10H2,1-2H3,(H,19,20). The minimum Gasteiger partial charge on any atom is -0.477 e. The second kappa shape index (κ2) is 6.11. The highest BCUT2D eigenvalue weighted by molar-refractivity contribution is 5.86. The second-order valence-corrected chi connectivity index (χ2v) is 5.76. The molecule has 5 heteroatoms. The maximum Gasteiger partial charge on any atom is 0.352 e. The van der Waals surface area contributed by atoms with Crippen LogP contribution in [0.2, 0.25) is 0 Å². The molecule has 5 nitrogen and oxygen atoms in total. The summed E-state index contributed by atoms with van der Waals surface area (Å²) in [6, 6.07) is 3.45. The first-order valence-corrected chi connectivity index (χ1v) is 7.13. The summed E-state index contributed by atoms with van der Waals surface area (Å²) >= 11 is 0. The molecule has 0 radical (unpaired) electrons. The molecule has 0 spiro atoms. The lowest BCUT2D eigenvalue weighted by atomic mass is 9.86. The van der Waals surface area contributed by atoms with Crippen LogP contribution in [0.5, 0.6) is 0 Å². The van der Waals surface area contributed by atoms with Crippen molar-refractivity contribution in [3.63, 3.8) is 0 Å². The van der Waals surface area contributed by atoms with Crippen LogP contribution in [0, 0.1) is 5.92 Å². The normalized spacial score (nSPS) is 22.5. The molecule has 1 aliphatic carbocycles. The number of hydrogen-bond donors (Lipinski definition) is 1. The molecule has 0 bridgehead atoms. The minimum atomic E-state index is -1.00. The molecule has 0 aliphatic heterocycles. The van der Waals surface area contributed by atoms with Crippen LogP contribution in [0.4, 0.5) is 0 Å². The number of aromatic nitrogens is 1. The van der Waals surface area contributed by atoms with E-state index in [0.29, 0.717) is 5.92 Å². The average molecular weight is 278 g/mol. The summed E-state index contributed by atoms with van der Waals surface area (Å²) in [7, 11) is 1.83. The molecule has 1 aliphatic rings. The molecule has 110 valence electrons. The van der Waals surface area contributed by atoms with E-state index in [1.165, 1.54) is 17.1 Å². The number of carboxylic acid groups (broad SMARTS) is 1.